The van der Waals surface area contributed by atoms with Crippen LogP contribution in [0.25, 0.3) is 11.1 Å². The Kier molecular flexibility index (Phi) is 3.53. The monoisotopic (exact) mass is 270 g/mol. The van der Waals surface area contributed by atoms with Crippen LogP contribution in [0.2, 0.25) is 0 Å². The van der Waals surface area contributed by atoms with Crippen LogP contribution in [0.1, 0.15) is 36.7 Å². The Morgan fingerprint density at radius 2 is 1.55 bits per heavy atom. The molecule has 0 heterocycles. The van der Waals surface area contributed by atoms with Crippen molar-refractivity contribution in [2.24, 2.45) is 0 Å². The number of carboxylic acid groups (broad SMARTS) is 1. The van der Waals surface area contributed by atoms with Gasteiger partial charge >= 0.3 is 5.97 Å². The Bertz CT molecular complexity index is 634. The summed E-state index contributed by atoms with van der Waals surface area (Å²) in [7, 11) is 0. The van der Waals surface area contributed by atoms with Crippen LogP contribution in [-0.4, -0.2) is 16.2 Å². The van der Waals surface area contributed by atoms with E-state index in [2.05, 4.69) is 20.8 Å². The fourth-order valence-electron chi connectivity index (χ4n) is 2.06. The number of phenols is 1. The summed E-state index contributed by atoms with van der Waals surface area (Å²) in [5.74, 6) is -1.09. The summed E-state index contributed by atoms with van der Waals surface area (Å²) in [6.07, 6.45) is 0. The molecule has 2 rings (SSSR count). The van der Waals surface area contributed by atoms with E-state index in [1.54, 1.807) is 12.1 Å². The van der Waals surface area contributed by atoms with Crippen molar-refractivity contribution in [1.82, 2.24) is 0 Å². The molecule has 0 fully saturated rings. The summed E-state index contributed by atoms with van der Waals surface area (Å²) in [5.41, 5.74) is 2.95. The first-order valence-electron chi connectivity index (χ1n) is 6.45. The highest BCUT2D eigenvalue weighted by Crippen LogP contribution is 2.28. The number of phenolic OH excluding ortho intramolecular Hbond substituents is 1. The first kappa shape index (κ1) is 14.1. The highest BCUT2D eigenvalue weighted by atomic mass is 16.4. The third kappa shape index (κ3) is 2.99. The third-order valence-electron chi connectivity index (χ3n) is 3.25. The van der Waals surface area contributed by atoms with E-state index in [1.165, 1.54) is 11.6 Å². The van der Waals surface area contributed by atoms with Crippen molar-refractivity contribution in [3.8, 4) is 16.9 Å². The SMILES string of the molecule is CC(C)(C)c1ccc(-c2cc(O)cc(C(=O)O)c2)cc1. The average molecular weight is 270 g/mol. The zero-order chi connectivity index (χ0) is 14.9. The van der Waals surface area contributed by atoms with E-state index in [0.717, 1.165) is 5.56 Å². The predicted octanol–water partition coefficient (Wildman–Crippen LogP) is 4.05. The van der Waals surface area contributed by atoms with E-state index in [-0.39, 0.29) is 16.7 Å². The summed E-state index contributed by atoms with van der Waals surface area (Å²) >= 11 is 0. The normalized spacial score (nSPS) is 11.3. The van der Waals surface area contributed by atoms with Gasteiger partial charge in [-0.1, -0.05) is 45.0 Å². The lowest BCUT2D eigenvalue weighted by Gasteiger charge is -2.19. The molecule has 104 valence electrons. The van der Waals surface area contributed by atoms with Gasteiger partial charge in [0.25, 0.3) is 0 Å². The number of carboxylic acids is 1. The summed E-state index contributed by atoms with van der Waals surface area (Å²) in [6, 6.07) is 12.3. The maximum atomic E-state index is 11.0. The first-order valence-corrected chi connectivity index (χ1v) is 6.45. The molecule has 0 atom stereocenters. The summed E-state index contributed by atoms with van der Waals surface area (Å²) in [4.78, 5) is 11.0. The van der Waals surface area contributed by atoms with E-state index >= 15 is 0 Å². The molecule has 3 nitrogen and oxygen atoms in total. The highest BCUT2D eigenvalue weighted by molar-refractivity contribution is 5.90. The van der Waals surface area contributed by atoms with Crippen LogP contribution in [0.5, 0.6) is 5.75 Å². The minimum Gasteiger partial charge on any atom is -0.508 e. The molecule has 0 unspecified atom stereocenters. The van der Waals surface area contributed by atoms with Crippen LogP contribution < -0.4 is 0 Å². The molecule has 2 aromatic carbocycles. The molecule has 2 aromatic rings. The Labute approximate surface area is 118 Å². The molecule has 0 aliphatic heterocycles. The van der Waals surface area contributed by atoms with Gasteiger partial charge in [0, 0.05) is 0 Å². The fourth-order valence-corrected chi connectivity index (χ4v) is 2.06. The number of rotatable bonds is 2. The number of hydrogen-bond acceptors (Lipinski definition) is 2. The van der Waals surface area contributed by atoms with Crippen molar-refractivity contribution in [2.75, 3.05) is 0 Å². The molecule has 0 saturated heterocycles. The molecule has 2 N–H and O–H groups in total. The van der Waals surface area contributed by atoms with E-state index in [9.17, 15) is 9.90 Å². The van der Waals surface area contributed by atoms with Crippen LogP contribution in [0.3, 0.4) is 0 Å². The molecule has 0 spiro atoms. The van der Waals surface area contributed by atoms with Gasteiger partial charge in [-0.15, -0.1) is 0 Å². The standard InChI is InChI=1S/C17H18O3/c1-17(2,3)14-6-4-11(5-7-14)12-8-13(16(19)20)10-15(18)9-12/h4-10,18H,1-3H3,(H,19,20). The number of carbonyl (C=O) groups is 1. The van der Waals surface area contributed by atoms with Gasteiger partial charge in [-0.25, -0.2) is 4.79 Å². The zero-order valence-corrected chi connectivity index (χ0v) is 11.8. The second kappa shape index (κ2) is 5.00. The van der Waals surface area contributed by atoms with Gasteiger partial charge in [0.1, 0.15) is 5.75 Å². The minimum absolute atomic E-state index is 0.0419. The molecule has 3 heteroatoms. The van der Waals surface area contributed by atoms with Gasteiger partial charge < -0.3 is 10.2 Å². The van der Waals surface area contributed by atoms with Crippen LogP contribution in [-0.2, 0) is 5.41 Å². The number of aromatic carboxylic acids is 1. The molecule has 0 bridgehead atoms. The van der Waals surface area contributed by atoms with E-state index in [0.29, 0.717) is 5.56 Å². The quantitative estimate of drug-likeness (QED) is 0.865. The second-order valence-electron chi connectivity index (χ2n) is 5.90. The van der Waals surface area contributed by atoms with Crippen molar-refractivity contribution in [3.05, 3.63) is 53.6 Å². The molecular weight excluding hydrogens is 252 g/mol. The molecular formula is C17H18O3. The Balaban J connectivity index is 2.44. The summed E-state index contributed by atoms with van der Waals surface area (Å²) in [5, 5.41) is 18.6. The van der Waals surface area contributed by atoms with Gasteiger partial charge in [-0.3, -0.25) is 0 Å². The Morgan fingerprint density at radius 1 is 0.950 bits per heavy atom. The smallest absolute Gasteiger partial charge is 0.335 e. The van der Waals surface area contributed by atoms with Gasteiger partial charge in [-0.2, -0.15) is 0 Å². The zero-order valence-electron chi connectivity index (χ0n) is 11.8. The first-order chi connectivity index (χ1) is 9.27. The fraction of sp³-hybridized carbons (Fsp3) is 0.235. The second-order valence-corrected chi connectivity index (χ2v) is 5.90. The maximum Gasteiger partial charge on any atom is 0.335 e. The van der Waals surface area contributed by atoms with Crippen molar-refractivity contribution >= 4 is 5.97 Å². The molecule has 0 amide bonds. The highest BCUT2D eigenvalue weighted by Gasteiger charge is 2.13. The molecule has 0 radical (unpaired) electrons. The van der Waals surface area contributed by atoms with Gasteiger partial charge in [0.15, 0.2) is 0 Å². The van der Waals surface area contributed by atoms with Crippen LogP contribution in [0, 0.1) is 0 Å². The predicted molar refractivity (Wildman–Crippen MR) is 79.2 cm³/mol. The topological polar surface area (TPSA) is 57.5 Å². The van der Waals surface area contributed by atoms with E-state index < -0.39 is 5.97 Å². The lowest BCUT2D eigenvalue weighted by Crippen LogP contribution is -2.10. The maximum absolute atomic E-state index is 11.0. The minimum atomic E-state index is -1.05. The molecule has 0 aliphatic rings. The van der Waals surface area contributed by atoms with Crippen LogP contribution >= 0.6 is 0 Å². The van der Waals surface area contributed by atoms with E-state index in [4.69, 9.17) is 5.11 Å². The molecule has 0 aromatic heterocycles. The Hall–Kier alpha value is -2.29. The van der Waals surface area contributed by atoms with Gasteiger partial charge in [0.2, 0.25) is 0 Å². The van der Waals surface area contributed by atoms with Crippen molar-refractivity contribution in [3.63, 3.8) is 0 Å². The summed E-state index contributed by atoms with van der Waals surface area (Å²) < 4.78 is 0. The van der Waals surface area contributed by atoms with Crippen molar-refractivity contribution in [1.29, 1.82) is 0 Å². The Morgan fingerprint density at radius 3 is 2.05 bits per heavy atom. The number of aromatic hydroxyl groups is 1. The largest absolute Gasteiger partial charge is 0.508 e. The lowest BCUT2D eigenvalue weighted by molar-refractivity contribution is 0.0696. The molecule has 0 aliphatic carbocycles. The molecule has 0 saturated carbocycles. The summed E-state index contributed by atoms with van der Waals surface area (Å²) in [6.45, 7) is 6.41. The molecule has 20 heavy (non-hydrogen) atoms. The number of hydrogen-bond donors (Lipinski definition) is 2. The average Bonchev–Trinajstić information content (AvgIpc) is 2.37. The lowest BCUT2D eigenvalue weighted by atomic mass is 9.86. The van der Waals surface area contributed by atoms with Crippen LogP contribution in [0.15, 0.2) is 42.5 Å². The van der Waals surface area contributed by atoms with Gasteiger partial charge in [0.05, 0.1) is 5.56 Å². The van der Waals surface area contributed by atoms with Gasteiger partial charge in [-0.05, 0) is 40.3 Å². The van der Waals surface area contributed by atoms with E-state index in [1.807, 2.05) is 24.3 Å². The number of benzene rings is 2. The van der Waals surface area contributed by atoms with Crippen molar-refractivity contribution in [2.45, 2.75) is 26.2 Å². The van der Waals surface area contributed by atoms with Crippen LogP contribution in [0.4, 0.5) is 0 Å². The van der Waals surface area contributed by atoms with Crippen molar-refractivity contribution < 1.29 is 15.0 Å². The third-order valence-corrected chi connectivity index (χ3v) is 3.25.